The molecule has 20 heavy (non-hydrogen) atoms. The van der Waals surface area contributed by atoms with Gasteiger partial charge in [0.15, 0.2) is 0 Å². The third-order valence-corrected chi connectivity index (χ3v) is 6.29. The Morgan fingerprint density at radius 1 is 1.25 bits per heavy atom. The van der Waals surface area contributed by atoms with E-state index in [2.05, 4.69) is 31.7 Å². The molecule has 2 nitrogen and oxygen atoms in total. The normalized spacial score (nSPS) is 33.9. The van der Waals surface area contributed by atoms with Crippen LogP contribution in [-0.2, 0) is 0 Å². The molecule has 0 unspecified atom stereocenters. The summed E-state index contributed by atoms with van der Waals surface area (Å²) in [7, 11) is 0. The van der Waals surface area contributed by atoms with Gasteiger partial charge in [-0.25, -0.2) is 0 Å². The standard InChI is InChI=1S/C18H29NO/c1-4-18(5-2)10-8-16-14(3)6-7-17(19(16)13-18)15-9-11-20-12-15/h9,11-12,14,16-17H,4-8,10,13H2,1-3H3/t14-,16+,17+/m1/s1. The lowest BCUT2D eigenvalue weighted by molar-refractivity contribution is -0.0445. The van der Waals surface area contributed by atoms with E-state index < -0.39 is 0 Å². The van der Waals surface area contributed by atoms with E-state index in [4.69, 9.17) is 4.42 Å². The van der Waals surface area contributed by atoms with Gasteiger partial charge in [-0.15, -0.1) is 0 Å². The first kappa shape index (κ1) is 14.2. The van der Waals surface area contributed by atoms with Crippen molar-refractivity contribution in [3.63, 3.8) is 0 Å². The molecule has 0 N–H and O–H groups in total. The molecule has 0 spiro atoms. The van der Waals surface area contributed by atoms with Gasteiger partial charge < -0.3 is 4.42 Å². The van der Waals surface area contributed by atoms with Crippen molar-refractivity contribution in [1.29, 1.82) is 0 Å². The van der Waals surface area contributed by atoms with Crippen LogP contribution in [0.1, 0.15) is 70.9 Å². The third kappa shape index (κ3) is 2.32. The Balaban J connectivity index is 1.87. The van der Waals surface area contributed by atoms with E-state index in [0.29, 0.717) is 11.5 Å². The zero-order chi connectivity index (χ0) is 14.2. The Kier molecular flexibility index (Phi) is 3.94. The monoisotopic (exact) mass is 275 g/mol. The van der Waals surface area contributed by atoms with E-state index in [1.54, 1.807) is 0 Å². The molecule has 1 aromatic rings. The zero-order valence-electron chi connectivity index (χ0n) is 13.3. The van der Waals surface area contributed by atoms with Crippen LogP contribution in [0.25, 0.3) is 0 Å². The van der Waals surface area contributed by atoms with Gasteiger partial charge in [-0.3, -0.25) is 4.90 Å². The second kappa shape index (κ2) is 5.55. The molecule has 3 heterocycles. The van der Waals surface area contributed by atoms with Gasteiger partial charge in [0, 0.05) is 24.2 Å². The second-order valence-corrected chi connectivity index (χ2v) is 7.11. The van der Waals surface area contributed by atoms with E-state index in [-0.39, 0.29) is 0 Å². The molecular formula is C18H29NO. The van der Waals surface area contributed by atoms with Crippen molar-refractivity contribution in [3.05, 3.63) is 24.2 Å². The lowest BCUT2D eigenvalue weighted by atomic mass is 9.69. The molecule has 0 saturated carbocycles. The molecule has 0 bridgehead atoms. The van der Waals surface area contributed by atoms with Crippen LogP contribution in [0.4, 0.5) is 0 Å². The van der Waals surface area contributed by atoms with Crippen molar-refractivity contribution >= 4 is 0 Å². The molecule has 0 aliphatic carbocycles. The van der Waals surface area contributed by atoms with Crippen LogP contribution in [0, 0.1) is 11.3 Å². The number of fused-ring (bicyclic) bond motifs is 1. The molecule has 2 saturated heterocycles. The van der Waals surface area contributed by atoms with Gasteiger partial charge >= 0.3 is 0 Å². The Labute approximate surface area is 123 Å². The van der Waals surface area contributed by atoms with Gasteiger partial charge in [-0.1, -0.05) is 20.8 Å². The minimum Gasteiger partial charge on any atom is -0.472 e. The van der Waals surface area contributed by atoms with E-state index >= 15 is 0 Å². The highest BCUT2D eigenvalue weighted by molar-refractivity contribution is 5.15. The fraction of sp³-hybridized carbons (Fsp3) is 0.778. The van der Waals surface area contributed by atoms with Crippen molar-refractivity contribution in [3.8, 4) is 0 Å². The fourth-order valence-electron chi connectivity index (χ4n) is 4.59. The topological polar surface area (TPSA) is 16.4 Å². The van der Waals surface area contributed by atoms with Crippen LogP contribution in [0.15, 0.2) is 23.0 Å². The third-order valence-electron chi connectivity index (χ3n) is 6.29. The predicted molar refractivity (Wildman–Crippen MR) is 82.6 cm³/mol. The second-order valence-electron chi connectivity index (χ2n) is 7.11. The quantitative estimate of drug-likeness (QED) is 0.770. The fourth-order valence-corrected chi connectivity index (χ4v) is 4.59. The Bertz CT molecular complexity index is 421. The summed E-state index contributed by atoms with van der Waals surface area (Å²) >= 11 is 0. The molecule has 2 aliphatic rings. The van der Waals surface area contributed by atoms with E-state index in [9.17, 15) is 0 Å². The summed E-state index contributed by atoms with van der Waals surface area (Å²) in [6.07, 6.45) is 11.9. The number of hydrogen-bond donors (Lipinski definition) is 0. The molecule has 0 aromatic carbocycles. The van der Waals surface area contributed by atoms with Crippen molar-refractivity contribution in [2.24, 2.45) is 11.3 Å². The lowest BCUT2D eigenvalue weighted by Crippen LogP contribution is -2.54. The molecule has 3 rings (SSSR count). The molecule has 2 fully saturated rings. The summed E-state index contributed by atoms with van der Waals surface area (Å²) in [5, 5.41) is 0. The van der Waals surface area contributed by atoms with E-state index in [1.807, 2.05) is 12.5 Å². The van der Waals surface area contributed by atoms with Crippen LogP contribution in [0.5, 0.6) is 0 Å². The number of nitrogens with zero attached hydrogens (tertiary/aromatic N) is 1. The Morgan fingerprint density at radius 3 is 2.70 bits per heavy atom. The molecule has 112 valence electrons. The average molecular weight is 275 g/mol. The number of furan rings is 1. The molecule has 2 aliphatic heterocycles. The smallest absolute Gasteiger partial charge is 0.0950 e. The molecule has 1 aromatic heterocycles. The highest BCUT2D eigenvalue weighted by atomic mass is 16.3. The largest absolute Gasteiger partial charge is 0.472 e. The van der Waals surface area contributed by atoms with Crippen LogP contribution < -0.4 is 0 Å². The highest BCUT2D eigenvalue weighted by Crippen LogP contribution is 2.48. The van der Waals surface area contributed by atoms with Crippen molar-refractivity contribution in [1.82, 2.24) is 4.90 Å². The van der Waals surface area contributed by atoms with Gasteiger partial charge in [0.1, 0.15) is 0 Å². The first-order chi connectivity index (χ1) is 9.69. The zero-order valence-corrected chi connectivity index (χ0v) is 13.3. The lowest BCUT2D eigenvalue weighted by Gasteiger charge is -2.54. The predicted octanol–water partition coefficient (Wildman–Crippen LogP) is 5.02. The van der Waals surface area contributed by atoms with Crippen LogP contribution in [0.2, 0.25) is 0 Å². The van der Waals surface area contributed by atoms with Crippen LogP contribution in [0.3, 0.4) is 0 Å². The van der Waals surface area contributed by atoms with Gasteiger partial charge in [-0.05, 0) is 55.9 Å². The Morgan fingerprint density at radius 2 is 2.05 bits per heavy atom. The minimum atomic E-state index is 0.551. The average Bonchev–Trinajstić information content (AvgIpc) is 3.01. The summed E-state index contributed by atoms with van der Waals surface area (Å²) in [6.45, 7) is 8.49. The van der Waals surface area contributed by atoms with Crippen molar-refractivity contribution < 1.29 is 4.42 Å². The molecule has 0 radical (unpaired) electrons. The van der Waals surface area contributed by atoms with Gasteiger partial charge in [-0.2, -0.15) is 0 Å². The van der Waals surface area contributed by atoms with Crippen LogP contribution in [-0.4, -0.2) is 17.5 Å². The number of hydrogen-bond acceptors (Lipinski definition) is 2. The summed E-state index contributed by atoms with van der Waals surface area (Å²) in [5.74, 6) is 0.852. The van der Waals surface area contributed by atoms with Gasteiger partial charge in [0.05, 0.1) is 12.5 Å². The molecule has 2 heteroatoms. The van der Waals surface area contributed by atoms with Crippen molar-refractivity contribution in [2.45, 2.75) is 71.4 Å². The van der Waals surface area contributed by atoms with Gasteiger partial charge in [0.25, 0.3) is 0 Å². The number of rotatable bonds is 3. The maximum Gasteiger partial charge on any atom is 0.0950 e. The van der Waals surface area contributed by atoms with Crippen molar-refractivity contribution in [2.75, 3.05) is 6.54 Å². The first-order valence-electron chi connectivity index (χ1n) is 8.47. The summed E-state index contributed by atoms with van der Waals surface area (Å²) in [6, 6.07) is 3.55. The number of piperidine rings is 2. The Hall–Kier alpha value is -0.760. The minimum absolute atomic E-state index is 0.551. The SMILES string of the molecule is CCC1(CC)CC[C@H]2[C@H](C)CC[C@@H](c3ccoc3)N2C1. The van der Waals surface area contributed by atoms with Crippen LogP contribution >= 0.6 is 0 Å². The first-order valence-corrected chi connectivity index (χ1v) is 8.47. The van der Waals surface area contributed by atoms with Gasteiger partial charge in [0.2, 0.25) is 0 Å². The van der Waals surface area contributed by atoms with E-state index in [0.717, 1.165) is 12.0 Å². The maximum absolute atomic E-state index is 5.35. The maximum atomic E-state index is 5.35. The highest BCUT2D eigenvalue weighted by Gasteiger charge is 2.44. The molecule has 0 amide bonds. The van der Waals surface area contributed by atoms with E-state index in [1.165, 1.54) is 50.6 Å². The molecule has 3 atom stereocenters. The summed E-state index contributed by atoms with van der Waals surface area (Å²) in [4.78, 5) is 2.83. The summed E-state index contributed by atoms with van der Waals surface area (Å²) in [5.41, 5.74) is 1.94. The summed E-state index contributed by atoms with van der Waals surface area (Å²) < 4.78 is 5.35. The molecular weight excluding hydrogens is 246 g/mol.